The molecule has 2 aromatic carbocycles. The molecule has 6 rings (SSSR count). The number of aromatic nitrogens is 6. The van der Waals surface area contributed by atoms with Crippen molar-refractivity contribution in [3.05, 3.63) is 117 Å². The van der Waals surface area contributed by atoms with E-state index in [1.807, 2.05) is 6.07 Å². The summed E-state index contributed by atoms with van der Waals surface area (Å²) >= 11 is 7.06. The van der Waals surface area contributed by atoms with Crippen molar-refractivity contribution < 1.29 is 4.21 Å². The summed E-state index contributed by atoms with van der Waals surface area (Å²) < 4.78 is 24.0. The zero-order valence-corrected chi connectivity index (χ0v) is 23.0. The van der Waals surface area contributed by atoms with Crippen molar-refractivity contribution in [3.8, 4) is 5.69 Å². The number of hydrogen-bond donors (Lipinski definition) is 3. The smallest absolute Gasteiger partial charge is 0.264 e. The number of rotatable bonds is 6. The van der Waals surface area contributed by atoms with Gasteiger partial charge in [-0.25, -0.2) is 28.9 Å². The van der Waals surface area contributed by atoms with Crippen LogP contribution in [0.1, 0.15) is 18.7 Å². The van der Waals surface area contributed by atoms with Crippen LogP contribution in [0, 0.1) is 4.78 Å². The normalized spacial score (nSPS) is 13.6. The number of nitrogens with one attached hydrogen (secondary N) is 3. The first-order chi connectivity index (χ1) is 19.8. The number of nitrogens with zero attached hydrogens (tertiary/aromatic N) is 5. The van der Waals surface area contributed by atoms with Gasteiger partial charge in [0.1, 0.15) is 32.9 Å². The van der Waals surface area contributed by atoms with Gasteiger partial charge < -0.3 is 10.3 Å². The van der Waals surface area contributed by atoms with Crippen LogP contribution in [0.5, 0.6) is 0 Å². The third kappa shape index (κ3) is 4.42. The first-order valence-corrected chi connectivity index (χ1v) is 14.3. The molecule has 0 spiro atoms. The largest absolute Gasteiger partial charge is 0.361 e. The molecule has 41 heavy (non-hydrogen) atoms. The van der Waals surface area contributed by atoms with E-state index in [9.17, 15) is 13.8 Å². The van der Waals surface area contributed by atoms with Crippen molar-refractivity contribution in [2.24, 2.45) is 0 Å². The third-order valence-electron chi connectivity index (χ3n) is 6.58. The summed E-state index contributed by atoms with van der Waals surface area (Å²) in [6.07, 6.45) is 5.61. The topological polar surface area (TPSA) is 159 Å². The molecule has 0 amide bonds. The first kappa shape index (κ1) is 26.3. The Labute approximate surface area is 237 Å². The second kappa shape index (κ2) is 10.2. The molecule has 2 atom stereocenters. The highest BCUT2D eigenvalue weighted by Crippen LogP contribution is 2.36. The standard InChI is InChI=1S/C28H21ClN8O3S/c1-16(36-26-22-19(38)11-14-31-25(22)34-15-35-26)24-23(29)18-9-5-10-20(41(30,40)28-32-12-6-13-33-28)21(18)27(39)37(24)17-7-3-2-4-8-17/h2-16,30H,1H3,(H2,31,34,35,36,38)/t16-,41-/m0/s1. The fourth-order valence-electron chi connectivity index (χ4n) is 4.77. The van der Waals surface area contributed by atoms with Gasteiger partial charge in [-0.3, -0.25) is 14.2 Å². The monoisotopic (exact) mass is 584 g/mol. The highest BCUT2D eigenvalue weighted by molar-refractivity contribution is 7.92. The van der Waals surface area contributed by atoms with Gasteiger partial charge in [0.15, 0.2) is 5.43 Å². The van der Waals surface area contributed by atoms with Gasteiger partial charge in [0, 0.05) is 35.7 Å². The minimum Gasteiger partial charge on any atom is -0.361 e. The van der Waals surface area contributed by atoms with Crippen molar-refractivity contribution in [2.75, 3.05) is 5.32 Å². The van der Waals surface area contributed by atoms with Gasteiger partial charge in [0.05, 0.1) is 27.0 Å². The number of hydrogen-bond acceptors (Lipinski definition) is 9. The summed E-state index contributed by atoms with van der Waals surface area (Å²) in [5.74, 6) is 0.261. The molecule has 0 saturated carbocycles. The molecule has 0 bridgehead atoms. The molecule has 4 aromatic heterocycles. The molecule has 4 heterocycles. The van der Waals surface area contributed by atoms with E-state index in [2.05, 4.69) is 30.2 Å². The Bertz CT molecular complexity index is 2160. The molecule has 6 aromatic rings. The van der Waals surface area contributed by atoms with Crippen molar-refractivity contribution in [1.82, 2.24) is 29.5 Å². The van der Waals surface area contributed by atoms with Crippen molar-refractivity contribution in [3.63, 3.8) is 0 Å². The molecule has 3 N–H and O–H groups in total. The molecule has 204 valence electrons. The minimum atomic E-state index is -3.78. The number of anilines is 1. The maximum atomic E-state index is 14.4. The Kier molecular flexibility index (Phi) is 6.56. The summed E-state index contributed by atoms with van der Waals surface area (Å²) in [7, 11) is -3.78. The quantitative estimate of drug-likeness (QED) is 0.237. The third-order valence-corrected chi connectivity index (χ3v) is 8.66. The van der Waals surface area contributed by atoms with Gasteiger partial charge >= 0.3 is 0 Å². The van der Waals surface area contributed by atoms with Crippen LogP contribution in [-0.4, -0.2) is 33.7 Å². The van der Waals surface area contributed by atoms with E-state index in [-0.39, 0.29) is 37.1 Å². The zero-order valence-electron chi connectivity index (χ0n) is 21.4. The molecule has 0 aliphatic rings. The van der Waals surface area contributed by atoms with Crippen LogP contribution in [0.25, 0.3) is 27.5 Å². The molecule has 13 heteroatoms. The van der Waals surface area contributed by atoms with Crippen LogP contribution in [0.15, 0.2) is 105 Å². The Hall–Kier alpha value is -4.94. The predicted octanol–water partition coefficient (Wildman–Crippen LogP) is 4.70. The number of aromatic amines is 1. The van der Waals surface area contributed by atoms with E-state index in [1.54, 1.807) is 49.4 Å². The lowest BCUT2D eigenvalue weighted by molar-refractivity contribution is 0.666. The Morgan fingerprint density at radius 1 is 0.951 bits per heavy atom. The Morgan fingerprint density at radius 3 is 2.46 bits per heavy atom. The van der Waals surface area contributed by atoms with Crippen molar-refractivity contribution in [2.45, 2.75) is 23.0 Å². The molecular formula is C28H21ClN8O3S. The van der Waals surface area contributed by atoms with Crippen LogP contribution in [-0.2, 0) is 9.73 Å². The van der Waals surface area contributed by atoms with Crippen molar-refractivity contribution in [1.29, 1.82) is 4.78 Å². The lowest BCUT2D eigenvalue weighted by Gasteiger charge is -2.24. The number of pyridine rings is 2. The average Bonchev–Trinajstić information content (AvgIpc) is 2.99. The lowest BCUT2D eigenvalue weighted by Crippen LogP contribution is -2.27. The number of H-pyrrole nitrogens is 1. The second-order valence-electron chi connectivity index (χ2n) is 9.10. The number of halogens is 1. The summed E-state index contributed by atoms with van der Waals surface area (Å²) in [4.78, 5) is 46.4. The van der Waals surface area contributed by atoms with Crippen LogP contribution < -0.4 is 16.3 Å². The van der Waals surface area contributed by atoms with Gasteiger partial charge in [0.2, 0.25) is 5.16 Å². The molecular weight excluding hydrogens is 564 g/mol. The number of fused-ring (bicyclic) bond motifs is 2. The van der Waals surface area contributed by atoms with E-state index in [0.717, 1.165) is 0 Å². The van der Waals surface area contributed by atoms with E-state index < -0.39 is 21.3 Å². The molecule has 0 fully saturated rings. The highest BCUT2D eigenvalue weighted by Gasteiger charge is 2.27. The molecule has 0 aliphatic carbocycles. The zero-order chi connectivity index (χ0) is 28.7. The highest BCUT2D eigenvalue weighted by atomic mass is 35.5. The summed E-state index contributed by atoms with van der Waals surface area (Å²) in [6.45, 7) is 1.78. The van der Waals surface area contributed by atoms with Crippen LogP contribution in [0.4, 0.5) is 5.82 Å². The maximum absolute atomic E-state index is 14.4. The number of para-hydroxylation sites is 1. The fourth-order valence-corrected chi connectivity index (χ4v) is 6.55. The SMILES string of the molecule is C[C@H](Nc1ncnc2[nH]ccc(=O)c12)c1c(Cl)c2cccc([S@](=N)(=O)c3ncccn3)c2c(=O)n1-c1ccccc1. The van der Waals surface area contributed by atoms with Gasteiger partial charge in [-0.15, -0.1) is 0 Å². The lowest BCUT2D eigenvalue weighted by atomic mass is 10.1. The molecule has 0 aliphatic heterocycles. The Balaban J connectivity index is 1.63. The summed E-state index contributed by atoms with van der Waals surface area (Å²) in [5, 5.41) is 3.80. The van der Waals surface area contributed by atoms with Crippen LogP contribution in [0.2, 0.25) is 5.02 Å². The maximum Gasteiger partial charge on any atom is 0.264 e. The summed E-state index contributed by atoms with van der Waals surface area (Å²) in [6, 6.07) is 15.8. The summed E-state index contributed by atoms with van der Waals surface area (Å²) in [5.41, 5.74) is 0.412. The van der Waals surface area contributed by atoms with E-state index in [4.69, 9.17) is 16.4 Å². The van der Waals surface area contributed by atoms with E-state index in [1.165, 1.54) is 41.6 Å². The van der Waals surface area contributed by atoms with Crippen molar-refractivity contribution >= 4 is 49.0 Å². The van der Waals surface area contributed by atoms with Gasteiger partial charge in [-0.1, -0.05) is 41.9 Å². The van der Waals surface area contributed by atoms with Gasteiger partial charge in [-0.2, -0.15) is 0 Å². The molecule has 11 nitrogen and oxygen atoms in total. The second-order valence-corrected chi connectivity index (χ2v) is 11.4. The average molecular weight is 585 g/mol. The Morgan fingerprint density at radius 2 is 1.71 bits per heavy atom. The molecule has 0 saturated heterocycles. The molecule has 0 unspecified atom stereocenters. The van der Waals surface area contributed by atoms with Crippen LogP contribution in [0.3, 0.4) is 0 Å². The fraction of sp³-hybridized carbons (Fsp3) is 0.0714. The molecule has 0 radical (unpaired) electrons. The van der Waals surface area contributed by atoms with Gasteiger partial charge in [-0.05, 0) is 31.2 Å². The minimum absolute atomic E-state index is 0.0219. The van der Waals surface area contributed by atoms with E-state index in [0.29, 0.717) is 22.4 Å². The van der Waals surface area contributed by atoms with E-state index >= 15 is 0 Å². The predicted molar refractivity (Wildman–Crippen MR) is 156 cm³/mol. The van der Waals surface area contributed by atoms with Crippen LogP contribution >= 0.6 is 11.6 Å². The van der Waals surface area contributed by atoms with Gasteiger partial charge in [0.25, 0.3) is 5.56 Å². The number of benzene rings is 2. The first-order valence-electron chi connectivity index (χ1n) is 12.4.